The Hall–Kier alpha value is -1.39. The van der Waals surface area contributed by atoms with Gasteiger partial charge in [0, 0.05) is 10.9 Å². The molecule has 0 amide bonds. The van der Waals surface area contributed by atoms with Gasteiger partial charge in [-0.25, -0.2) is 4.39 Å². The lowest BCUT2D eigenvalue weighted by Gasteiger charge is -2.21. The number of hydrogen-bond acceptors (Lipinski definition) is 2. The predicted octanol–water partition coefficient (Wildman–Crippen LogP) is 4.22. The summed E-state index contributed by atoms with van der Waals surface area (Å²) in [6.45, 7) is 3.66. The van der Waals surface area contributed by atoms with E-state index >= 15 is 0 Å². The minimum atomic E-state index is -0.233. The van der Waals surface area contributed by atoms with Gasteiger partial charge in [-0.05, 0) is 41.4 Å². The Labute approximate surface area is 132 Å². The zero-order valence-electron chi connectivity index (χ0n) is 11.8. The van der Waals surface area contributed by atoms with Gasteiger partial charge in [0.05, 0.1) is 12.6 Å². The van der Waals surface area contributed by atoms with Gasteiger partial charge in [0.1, 0.15) is 11.6 Å². The Morgan fingerprint density at radius 1 is 1.29 bits per heavy atom. The summed E-state index contributed by atoms with van der Waals surface area (Å²) in [5.41, 5.74) is 3.46. The van der Waals surface area contributed by atoms with Crippen LogP contribution in [0.5, 0.6) is 5.75 Å². The molecular formula is C17H17BrFNO. The molecule has 21 heavy (non-hydrogen) atoms. The highest BCUT2D eigenvalue weighted by molar-refractivity contribution is 9.10. The Morgan fingerprint density at radius 2 is 2.14 bits per heavy atom. The molecule has 0 saturated heterocycles. The second-order valence-electron chi connectivity index (χ2n) is 5.12. The number of fused-ring (bicyclic) bond motifs is 1. The van der Waals surface area contributed by atoms with E-state index < -0.39 is 0 Å². The van der Waals surface area contributed by atoms with Crippen LogP contribution >= 0.6 is 15.9 Å². The quantitative estimate of drug-likeness (QED) is 0.891. The van der Waals surface area contributed by atoms with Crippen LogP contribution in [0.3, 0.4) is 0 Å². The van der Waals surface area contributed by atoms with E-state index in [9.17, 15) is 4.39 Å². The summed E-state index contributed by atoms with van der Waals surface area (Å²) in [5, 5.41) is 3.47. The van der Waals surface area contributed by atoms with Crippen molar-refractivity contribution in [2.45, 2.75) is 19.4 Å². The molecule has 2 aromatic rings. The van der Waals surface area contributed by atoms with E-state index in [0.29, 0.717) is 0 Å². The van der Waals surface area contributed by atoms with Crippen LogP contribution in [0.4, 0.5) is 4.39 Å². The Morgan fingerprint density at radius 3 is 2.90 bits per heavy atom. The molecule has 1 N–H and O–H groups in total. The monoisotopic (exact) mass is 349 g/mol. The Balaban J connectivity index is 2.01. The van der Waals surface area contributed by atoms with Crippen LogP contribution in [0.25, 0.3) is 0 Å². The van der Waals surface area contributed by atoms with Crippen molar-refractivity contribution < 1.29 is 9.13 Å². The van der Waals surface area contributed by atoms with E-state index in [1.54, 1.807) is 0 Å². The van der Waals surface area contributed by atoms with Crippen molar-refractivity contribution in [2.75, 3.05) is 13.2 Å². The lowest BCUT2D eigenvalue weighted by molar-refractivity contribution is 0.357. The van der Waals surface area contributed by atoms with Crippen LogP contribution in [-0.4, -0.2) is 13.2 Å². The van der Waals surface area contributed by atoms with E-state index in [0.717, 1.165) is 35.4 Å². The smallest absolute Gasteiger partial charge is 0.124 e. The molecular weight excluding hydrogens is 333 g/mol. The van der Waals surface area contributed by atoms with Crippen molar-refractivity contribution in [1.82, 2.24) is 5.32 Å². The zero-order valence-corrected chi connectivity index (χ0v) is 13.4. The average molecular weight is 350 g/mol. The summed E-state index contributed by atoms with van der Waals surface area (Å²) >= 11 is 3.47. The first-order chi connectivity index (χ1) is 10.2. The Bertz CT molecular complexity index is 659. The van der Waals surface area contributed by atoms with Gasteiger partial charge in [0.2, 0.25) is 0 Å². The van der Waals surface area contributed by atoms with Crippen LogP contribution in [0.1, 0.15) is 29.7 Å². The normalized spacial score (nSPS) is 14.6. The van der Waals surface area contributed by atoms with Gasteiger partial charge >= 0.3 is 0 Å². The third kappa shape index (κ3) is 2.97. The van der Waals surface area contributed by atoms with Gasteiger partial charge in [-0.15, -0.1) is 0 Å². The zero-order chi connectivity index (χ0) is 14.8. The van der Waals surface area contributed by atoms with Crippen LogP contribution in [0.15, 0.2) is 40.9 Å². The van der Waals surface area contributed by atoms with Crippen LogP contribution < -0.4 is 10.1 Å². The summed E-state index contributed by atoms with van der Waals surface area (Å²) in [6, 6.07) is 11.2. The summed E-state index contributed by atoms with van der Waals surface area (Å²) in [4.78, 5) is 0. The largest absolute Gasteiger partial charge is 0.493 e. The minimum absolute atomic E-state index is 0.0378. The van der Waals surface area contributed by atoms with Gasteiger partial charge in [0.25, 0.3) is 0 Å². The van der Waals surface area contributed by atoms with Gasteiger partial charge in [-0.1, -0.05) is 41.1 Å². The van der Waals surface area contributed by atoms with Crippen LogP contribution in [-0.2, 0) is 6.42 Å². The maximum atomic E-state index is 13.3. The molecule has 0 saturated carbocycles. The van der Waals surface area contributed by atoms with Crippen molar-refractivity contribution in [3.8, 4) is 5.75 Å². The molecule has 1 heterocycles. The van der Waals surface area contributed by atoms with Gasteiger partial charge in [-0.3, -0.25) is 0 Å². The van der Waals surface area contributed by atoms with Crippen LogP contribution in [0, 0.1) is 5.82 Å². The molecule has 2 nitrogen and oxygen atoms in total. The van der Waals surface area contributed by atoms with Gasteiger partial charge in [0.15, 0.2) is 0 Å². The molecule has 0 radical (unpaired) electrons. The summed E-state index contributed by atoms with van der Waals surface area (Å²) in [6.07, 6.45) is 0.951. The Kier molecular flexibility index (Phi) is 4.27. The molecule has 1 aliphatic heterocycles. The third-order valence-electron chi connectivity index (χ3n) is 3.73. The molecule has 1 aliphatic rings. The predicted molar refractivity (Wildman–Crippen MR) is 85.3 cm³/mol. The molecule has 0 aromatic heterocycles. The fraction of sp³-hybridized carbons (Fsp3) is 0.294. The van der Waals surface area contributed by atoms with E-state index in [2.05, 4.69) is 40.3 Å². The minimum Gasteiger partial charge on any atom is -0.493 e. The fourth-order valence-corrected chi connectivity index (χ4v) is 3.31. The van der Waals surface area contributed by atoms with E-state index in [1.807, 2.05) is 12.1 Å². The molecule has 2 aromatic carbocycles. The molecule has 1 atom stereocenters. The molecule has 0 aliphatic carbocycles. The van der Waals surface area contributed by atoms with Crippen molar-refractivity contribution in [3.63, 3.8) is 0 Å². The highest BCUT2D eigenvalue weighted by Gasteiger charge is 2.19. The summed E-state index contributed by atoms with van der Waals surface area (Å²) in [5.74, 6) is 0.746. The number of nitrogens with one attached hydrogen (secondary N) is 1. The van der Waals surface area contributed by atoms with E-state index in [-0.39, 0.29) is 11.9 Å². The lowest BCUT2D eigenvalue weighted by Crippen LogP contribution is -2.22. The number of ether oxygens (including phenoxy) is 1. The first-order valence-corrected chi connectivity index (χ1v) is 7.92. The molecule has 0 spiro atoms. The molecule has 0 fully saturated rings. The van der Waals surface area contributed by atoms with Crippen molar-refractivity contribution in [3.05, 3.63) is 63.4 Å². The maximum Gasteiger partial charge on any atom is 0.124 e. The number of rotatable bonds is 4. The van der Waals surface area contributed by atoms with Crippen molar-refractivity contribution in [1.29, 1.82) is 0 Å². The van der Waals surface area contributed by atoms with Gasteiger partial charge in [-0.2, -0.15) is 0 Å². The average Bonchev–Trinajstić information content (AvgIpc) is 2.93. The fourth-order valence-electron chi connectivity index (χ4n) is 2.73. The highest BCUT2D eigenvalue weighted by atomic mass is 79.9. The topological polar surface area (TPSA) is 21.3 Å². The van der Waals surface area contributed by atoms with Crippen molar-refractivity contribution in [2.24, 2.45) is 0 Å². The first-order valence-electron chi connectivity index (χ1n) is 7.13. The van der Waals surface area contributed by atoms with Crippen molar-refractivity contribution >= 4 is 15.9 Å². The lowest BCUT2D eigenvalue weighted by atomic mass is 9.96. The molecule has 0 bridgehead atoms. The summed E-state index contributed by atoms with van der Waals surface area (Å²) in [7, 11) is 0. The molecule has 3 rings (SSSR count). The molecule has 4 heteroatoms. The maximum absolute atomic E-state index is 13.3. The second-order valence-corrected chi connectivity index (χ2v) is 5.98. The van der Waals surface area contributed by atoms with Gasteiger partial charge < -0.3 is 10.1 Å². The standard InChI is InChI=1S/C17H17BrFNO/c1-2-20-17(14-5-4-13(19)10-15(14)18)12-3-6-16-11(9-12)7-8-21-16/h3-6,9-10,17,20H,2,7-8H2,1H3. The van der Waals surface area contributed by atoms with E-state index in [1.165, 1.54) is 23.3 Å². The molecule has 1 unspecified atom stereocenters. The number of halogens is 2. The highest BCUT2D eigenvalue weighted by Crippen LogP contribution is 2.33. The SMILES string of the molecule is CCNC(c1ccc2c(c1)CCO2)c1ccc(F)cc1Br. The second kappa shape index (κ2) is 6.16. The number of benzene rings is 2. The van der Waals surface area contributed by atoms with E-state index in [4.69, 9.17) is 4.74 Å². The number of hydrogen-bond donors (Lipinski definition) is 1. The molecule has 110 valence electrons. The first kappa shape index (κ1) is 14.5. The van der Waals surface area contributed by atoms with Crippen LogP contribution in [0.2, 0.25) is 0 Å². The summed E-state index contributed by atoms with van der Waals surface area (Å²) < 4.78 is 19.7. The third-order valence-corrected chi connectivity index (χ3v) is 4.42.